The summed E-state index contributed by atoms with van der Waals surface area (Å²) in [5, 5.41) is 0. The first-order chi connectivity index (χ1) is 6.15. The smallest absolute Gasteiger partial charge is 0.128 e. The Kier molecular flexibility index (Phi) is 4.08. The van der Waals surface area contributed by atoms with Crippen LogP contribution < -0.4 is 11.5 Å². The molecule has 0 aliphatic rings. The van der Waals surface area contributed by atoms with E-state index in [1.54, 1.807) is 12.1 Å². The summed E-state index contributed by atoms with van der Waals surface area (Å²) < 4.78 is 14.2. The number of halogens is 2. The Bertz CT molecular complexity index is 291. The predicted molar refractivity (Wildman–Crippen MR) is 59.7 cm³/mol. The van der Waals surface area contributed by atoms with E-state index in [0.29, 0.717) is 18.5 Å². The summed E-state index contributed by atoms with van der Waals surface area (Å²) in [5.41, 5.74) is 11.7. The molecule has 0 saturated carbocycles. The van der Waals surface area contributed by atoms with Crippen LogP contribution in [0.3, 0.4) is 0 Å². The van der Waals surface area contributed by atoms with Crippen molar-refractivity contribution < 1.29 is 4.39 Å². The first kappa shape index (κ1) is 10.9. The highest BCUT2D eigenvalue weighted by Gasteiger charge is 2.10. The van der Waals surface area contributed by atoms with Crippen molar-refractivity contribution in [2.24, 2.45) is 11.5 Å². The van der Waals surface area contributed by atoms with Gasteiger partial charge in [-0.2, -0.15) is 0 Å². The minimum absolute atomic E-state index is 0.249. The van der Waals surface area contributed by atoms with Crippen molar-refractivity contribution >= 4 is 22.6 Å². The summed E-state index contributed by atoms with van der Waals surface area (Å²) >= 11 is 2.13. The molecule has 0 fully saturated rings. The average Bonchev–Trinajstić information content (AvgIpc) is 2.09. The molecule has 1 atom stereocenters. The molecular formula is C9H12FIN2. The van der Waals surface area contributed by atoms with Crippen molar-refractivity contribution in [1.82, 2.24) is 0 Å². The highest BCUT2D eigenvalue weighted by Crippen LogP contribution is 2.19. The molecule has 0 aromatic heterocycles. The number of rotatable bonds is 3. The topological polar surface area (TPSA) is 52.0 Å². The molecule has 0 aliphatic heterocycles. The summed E-state index contributed by atoms with van der Waals surface area (Å²) in [7, 11) is 0. The van der Waals surface area contributed by atoms with Gasteiger partial charge in [0.25, 0.3) is 0 Å². The number of benzene rings is 1. The van der Waals surface area contributed by atoms with E-state index in [-0.39, 0.29) is 11.9 Å². The van der Waals surface area contributed by atoms with Crippen LogP contribution >= 0.6 is 22.6 Å². The van der Waals surface area contributed by atoms with Crippen molar-refractivity contribution in [3.63, 3.8) is 0 Å². The van der Waals surface area contributed by atoms with Gasteiger partial charge in [0.1, 0.15) is 5.82 Å². The Hall–Kier alpha value is -0.200. The first-order valence-electron chi connectivity index (χ1n) is 4.05. The van der Waals surface area contributed by atoms with E-state index < -0.39 is 0 Å². The predicted octanol–water partition coefficient (Wildman–Crippen LogP) is 1.78. The minimum Gasteiger partial charge on any atom is -0.330 e. The fourth-order valence-corrected chi connectivity index (χ4v) is 1.65. The highest BCUT2D eigenvalue weighted by atomic mass is 127. The number of nitrogens with two attached hydrogens (primary N) is 2. The van der Waals surface area contributed by atoms with Gasteiger partial charge in [0.2, 0.25) is 0 Å². The molecule has 0 unspecified atom stereocenters. The molecule has 2 nitrogen and oxygen atoms in total. The standard InChI is InChI=1S/C9H12FIN2/c10-8-2-1-6(11)5-7(8)9(13)3-4-12/h1-2,5,9H,3-4,12-13H2/t9-/m0/s1. The summed E-state index contributed by atoms with van der Waals surface area (Å²) in [5.74, 6) is -0.249. The van der Waals surface area contributed by atoms with Gasteiger partial charge >= 0.3 is 0 Å². The molecular weight excluding hydrogens is 282 g/mol. The van der Waals surface area contributed by atoms with Gasteiger partial charge in [0.05, 0.1) is 0 Å². The maximum atomic E-state index is 13.2. The Morgan fingerprint density at radius 1 is 1.46 bits per heavy atom. The monoisotopic (exact) mass is 294 g/mol. The maximum absolute atomic E-state index is 13.2. The van der Waals surface area contributed by atoms with Crippen LogP contribution in [0.5, 0.6) is 0 Å². The lowest BCUT2D eigenvalue weighted by Gasteiger charge is -2.11. The van der Waals surface area contributed by atoms with Gasteiger partial charge in [0, 0.05) is 15.2 Å². The molecule has 0 bridgehead atoms. The zero-order chi connectivity index (χ0) is 9.84. The Balaban J connectivity index is 2.91. The van der Waals surface area contributed by atoms with E-state index in [4.69, 9.17) is 11.5 Å². The third-order valence-corrected chi connectivity index (χ3v) is 2.51. The molecule has 0 amide bonds. The van der Waals surface area contributed by atoms with E-state index in [1.807, 2.05) is 0 Å². The minimum atomic E-state index is -0.292. The van der Waals surface area contributed by atoms with Crippen LogP contribution in [0.15, 0.2) is 18.2 Å². The fraction of sp³-hybridized carbons (Fsp3) is 0.333. The molecule has 0 radical (unpaired) electrons. The normalized spacial score (nSPS) is 12.9. The van der Waals surface area contributed by atoms with E-state index in [2.05, 4.69) is 22.6 Å². The van der Waals surface area contributed by atoms with Crippen LogP contribution in [0.4, 0.5) is 4.39 Å². The first-order valence-corrected chi connectivity index (χ1v) is 5.13. The molecule has 0 spiro atoms. The molecule has 0 heterocycles. The van der Waals surface area contributed by atoms with Crippen LogP contribution in [-0.2, 0) is 0 Å². The second-order valence-electron chi connectivity index (χ2n) is 2.85. The lowest BCUT2D eigenvalue weighted by atomic mass is 10.0. The fourth-order valence-electron chi connectivity index (χ4n) is 1.13. The van der Waals surface area contributed by atoms with Crippen LogP contribution in [0.2, 0.25) is 0 Å². The van der Waals surface area contributed by atoms with Crippen molar-refractivity contribution in [1.29, 1.82) is 0 Å². The van der Waals surface area contributed by atoms with Crippen LogP contribution in [0.25, 0.3) is 0 Å². The summed E-state index contributed by atoms with van der Waals surface area (Å²) in [4.78, 5) is 0. The third-order valence-electron chi connectivity index (χ3n) is 1.84. The molecule has 4 heteroatoms. The van der Waals surface area contributed by atoms with Crippen LogP contribution in [0.1, 0.15) is 18.0 Å². The number of hydrogen-bond acceptors (Lipinski definition) is 2. The Morgan fingerprint density at radius 3 is 2.77 bits per heavy atom. The van der Waals surface area contributed by atoms with Gasteiger partial charge in [-0.1, -0.05) is 0 Å². The van der Waals surface area contributed by atoms with Gasteiger partial charge < -0.3 is 11.5 Å². The molecule has 1 rings (SSSR count). The Morgan fingerprint density at radius 2 is 2.15 bits per heavy atom. The van der Waals surface area contributed by atoms with Crippen molar-refractivity contribution in [2.45, 2.75) is 12.5 Å². The SMILES string of the molecule is NCC[C@H](N)c1cc(I)ccc1F. The van der Waals surface area contributed by atoms with E-state index >= 15 is 0 Å². The summed E-state index contributed by atoms with van der Waals surface area (Å²) in [6.07, 6.45) is 0.608. The van der Waals surface area contributed by atoms with Gasteiger partial charge in [-0.15, -0.1) is 0 Å². The summed E-state index contributed by atoms with van der Waals surface area (Å²) in [6.45, 7) is 0.478. The third kappa shape index (κ3) is 2.89. The Labute approximate surface area is 90.6 Å². The van der Waals surface area contributed by atoms with Gasteiger partial charge in [0.15, 0.2) is 0 Å². The van der Waals surface area contributed by atoms with E-state index in [1.165, 1.54) is 6.07 Å². The molecule has 4 N–H and O–H groups in total. The van der Waals surface area contributed by atoms with E-state index in [9.17, 15) is 4.39 Å². The van der Waals surface area contributed by atoms with Gasteiger partial charge in [-0.05, 0) is 53.8 Å². The van der Waals surface area contributed by atoms with Gasteiger partial charge in [-0.25, -0.2) is 4.39 Å². The van der Waals surface area contributed by atoms with Gasteiger partial charge in [-0.3, -0.25) is 0 Å². The zero-order valence-corrected chi connectivity index (χ0v) is 9.29. The molecule has 1 aromatic carbocycles. The zero-order valence-electron chi connectivity index (χ0n) is 7.13. The highest BCUT2D eigenvalue weighted by molar-refractivity contribution is 14.1. The van der Waals surface area contributed by atoms with Crippen LogP contribution in [0, 0.1) is 9.39 Å². The maximum Gasteiger partial charge on any atom is 0.128 e. The lowest BCUT2D eigenvalue weighted by Crippen LogP contribution is -2.16. The van der Waals surface area contributed by atoms with Crippen molar-refractivity contribution in [2.75, 3.05) is 6.54 Å². The second kappa shape index (κ2) is 4.88. The largest absolute Gasteiger partial charge is 0.330 e. The summed E-state index contributed by atoms with van der Waals surface area (Å²) in [6, 6.07) is 4.62. The number of hydrogen-bond donors (Lipinski definition) is 2. The quantitative estimate of drug-likeness (QED) is 0.835. The van der Waals surface area contributed by atoms with E-state index in [0.717, 1.165) is 3.57 Å². The van der Waals surface area contributed by atoms with Crippen LogP contribution in [-0.4, -0.2) is 6.54 Å². The molecule has 0 saturated heterocycles. The lowest BCUT2D eigenvalue weighted by molar-refractivity contribution is 0.567. The molecule has 13 heavy (non-hydrogen) atoms. The second-order valence-corrected chi connectivity index (χ2v) is 4.10. The van der Waals surface area contributed by atoms with Crippen molar-refractivity contribution in [3.05, 3.63) is 33.1 Å². The molecule has 72 valence electrons. The average molecular weight is 294 g/mol. The molecule has 0 aliphatic carbocycles. The van der Waals surface area contributed by atoms with Crippen molar-refractivity contribution in [3.8, 4) is 0 Å². The molecule has 1 aromatic rings.